The number of aromatic nitrogens is 1. The van der Waals surface area contributed by atoms with Crippen LogP contribution in [0, 0.1) is 5.92 Å². The van der Waals surface area contributed by atoms with Gasteiger partial charge in [-0.1, -0.05) is 26.0 Å². The van der Waals surface area contributed by atoms with Crippen LogP contribution >= 0.6 is 11.3 Å². The van der Waals surface area contributed by atoms with Crippen molar-refractivity contribution in [2.75, 3.05) is 12.4 Å². The van der Waals surface area contributed by atoms with E-state index in [0.29, 0.717) is 12.3 Å². The average Bonchev–Trinajstić information content (AvgIpc) is 2.99. The first-order chi connectivity index (χ1) is 11.4. The van der Waals surface area contributed by atoms with E-state index in [0.717, 1.165) is 30.0 Å². The number of benzene rings is 1. The highest BCUT2D eigenvalue weighted by atomic mass is 32.1. The van der Waals surface area contributed by atoms with E-state index in [-0.39, 0.29) is 5.91 Å². The van der Waals surface area contributed by atoms with Gasteiger partial charge in [-0.15, -0.1) is 11.3 Å². The van der Waals surface area contributed by atoms with E-state index in [1.54, 1.807) is 11.3 Å². The molecule has 0 aliphatic carbocycles. The second kappa shape index (κ2) is 8.92. The second-order valence-corrected chi connectivity index (χ2v) is 7.30. The maximum Gasteiger partial charge on any atom is 0.241 e. The van der Waals surface area contributed by atoms with E-state index in [2.05, 4.69) is 47.5 Å². The van der Waals surface area contributed by atoms with E-state index in [1.165, 1.54) is 0 Å². The average molecular weight is 346 g/mol. The van der Waals surface area contributed by atoms with Gasteiger partial charge in [0, 0.05) is 24.2 Å². The summed E-state index contributed by atoms with van der Waals surface area (Å²) in [5, 5.41) is 4.97. The molecule has 0 spiro atoms. The highest BCUT2D eigenvalue weighted by molar-refractivity contribution is 7.07. The van der Waals surface area contributed by atoms with Gasteiger partial charge >= 0.3 is 0 Å². The zero-order chi connectivity index (χ0) is 17.5. The molecule has 1 atom stereocenters. The van der Waals surface area contributed by atoms with Crippen molar-refractivity contribution in [2.45, 2.75) is 39.4 Å². The number of hydrogen-bond acceptors (Lipinski definition) is 5. The van der Waals surface area contributed by atoms with Crippen LogP contribution in [0.1, 0.15) is 31.5 Å². The Hall–Kier alpha value is -1.76. The molecule has 1 aromatic carbocycles. The quantitative estimate of drug-likeness (QED) is 0.770. The van der Waals surface area contributed by atoms with Crippen LogP contribution in [0.5, 0.6) is 0 Å². The monoisotopic (exact) mass is 346 g/mol. The van der Waals surface area contributed by atoms with E-state index in [1.807, 2.05) is 23.7 Å². The van der Waals surface area contributed by atoms with Crippen LogP contribution in [0.2, 0.25) is 0 Å². The van der Waals surface area contributed by atoms with Gasteiger partial charge in [-0.25, -0.2) is 4.98 Å². The number of anilines is 1. The van der Waals surface area contributed by atoms with E-state index >= 15 is 0 Å². The minimum Gasteiger partial charge on any atom is -0.325 e. The molecule has 1 aromatic heterocycles. The third-order valence-corrected chi connectivity index (χ3v) is 4.26. The van der Waals surface area contributed by atoms with Crippen molar-refractivity contribution in [1.29, 1.82) is 0 Å². The van der Waals surface area contributed by atoms with Crippen LogP contribution in [0.3, 0.4) is 0 Å². The van der Waals surface area contributed by atoms with Crippen molar-refractivity contribution < 1.29 is 4.79 Å². The lowest BCUT2D eigenvalue weighted by atomic mass is 10.0. The zero-order valence-corrected chi connectivity index (χ0v) is 15.3. The molecule has 0 saturated carbocycles. The van der Waals surface area contributed by atoms with Crippen molar-refractivity contribution in [3.63, 3.8) is 0 Å². The molecule has 6 heteroatoms. The highest BCUT2D eigenvalue weighted by Gasteiger charge is 2.15. The second-order valence-electron chi connectivity index (χ2n) is 6.58. The van der Waals surface area contributed by atoms with Gasteiger partial charge in [0.15, 0.2) is 0 Å². The fourth-order valence-corrected chi connectivity index (χ4v) is 3.11. The number of nitrogens with zero attached hydrogens (tertiary/aromatic N) is 2. The molecule has 5 nitrogen and oxygen atoms in total. The van der Waals surface area contributed by atoms with Crippen molar-refractivity contribution >= 4 is 22.9 Å². The van der Waals surface area contributed by atoms with Gasteiger partial charge in [0.05, 0.1) is 17.2 Å². The molecule has 0 saturated heterocycles. The predicted octanol–water partition coefficient (Wildman–Crippen LogP) is 3.09. The van der Waals surface area contributed by atoms with Gasteiger partial charge in [0.25, 0.3) is 0 Å². The van der Waals surface area contributed by atoms with Gasteiger partial charge in [0.2, 0.25) is 5.91 Å². The van der Waals surface area contributed by atoms with Crippen molar-refractivity contribution in [3.05, 3.63) is 46.4 Å². The Morgan fingerprint density at radius 1 is 1.38 bits per heavy atom. The third kappa shape index (κ3) is 6.03. The summed E-state index contributed by atoms with van der Waals surface area (Å²) in [4.78, 5) is 18.6. The van der Waals surface area contributed by atoms with Crippen LogP contribution in [-0.4, -0.2) is 28.9 Å². The molecule has 1 amide bonds. The molecule has 0 fully saturated rings. The molecule has 3 N–H and O–H groups in total. The van der Waals surface area contributed by atoms with Crippen molar-refractivity contribution in [1.82, 2.24) is 9.88 Å². The number of nitrogens with two attached hydrogens (primary N) is 1. The maximum absolute atomic E-state index is 12.1. The predicted molar refractivity (Wildman–Crippen MR) is 99.8 cm³/mol. The number of amides is 1. The molecule has 0 radical (unpaired) electrons. The van der Waals surface area contributed by atoms with Gasteiger partial charge in [0.1, 0.15) is 0 Å². The Morgan fingerprint density at radius 2 is 2.17 bits per heavy atom. The summed E-state index contributed by atoms with van der Waals surface area (Å²) in [6.45, 7) is 5.72. The molecule has 0 unspecified atom stereocenters. The zero-order valence-electron chi connectivity index (χ0n) is 14.5. The molecule has 0 bridgehead atoms. The number of thiazole rings is 1. The molecule has 24 heavy (non-hydrogen) atoms. The topological polar surface area (TPSA) is 71.2 Å². The summed E-state index contributed by atoms with van der Waals surface area (Å²) >= 11 is 1.61. The lowest BCUT2D eigenvalue weighted by molar-refractivity contribution is -0.117. The lowest BCUT2D eigenvalue weighted by Crippen LogP contribution is -2.36. The van der Waals surface area contributed by atoms with E-state index in [4.69, 9.17) is 5.73 Å². The first kappa shape index (κ1) is 18.6. The van der Waals surface area contributed by atoms with Gasteiger partial charge in [-0.3, -0.25) is 9.69 Å². The smallest absolute Gasteiger partial charge is 0.241 e. The molecule has 0 aliphatic heterocycles. The summed E-state index contributed by atoms with van der Waals surface area (Å²) in [6, 6.07) is 7.43. The minimum absolute atomic E-state index is 0.128. The maximum atomic E-state index is 12.1. The van der Waals surface area contributed by atoms with Gasteiger partial charge < -0.3 is 11.1 Å². The SMILES string of the molecule is CC(C)C[C@H](N)C(=O)Nc1cccc(CN(C)Cc2cscn2)c1. The van der Waals surface area contributed by atoms with Crippen LogP contribution in [0.4, 0.5) is 5.69 Å². The fraction of sp³-hybridized carbons (Fsp3) is 0.444. The number of rotatable bonds is 8. The Kier molecular flexibility index (Phi) is 6.90. The van der Waals surface area contributed by atoms with Gasteiger partial charge in [-0.05, 0) is 37.1 Å². The Labute approximate surface area is 147 Å². The summed E-state index contributed by atoms with van der Waals surface area (Å²) in [7, 11) is 2.06. The van der Waals surface area contributed by atoms with Crippen molar-refractivity contribution in [3.8, 4) is 0 Å². The normalized spacial score (nSPS) is 12.6. The Balaban J connectivity index is 1.92. The Morgan fingerprint density at radius 3 is 2.83 bits per heavy atom. The summed E-state index contributed by atoms with van der Waals surface area (Å²) < 4.78 is 0. The molecular weight excluding hydrogens is 320 g/mol. The molecular formula is C18H26N4OS. The van der Waals surface area contributed by atoms with Gasteiger partial charge in [-0.2, -0.15) is 0 Å². The van der Waals surface area contributed by atoms with Crippen LogP contribution in [0.25, 0.3) is 0 Å². The van der Waals surface area contributed by atoms with Crippen LogP contribution < -0.4 is 11.1 Å². The molecule has 2 rings (SSSR count). The minimum atomic E-state index is -0.471. The fourth-order valence-electron chi connectivity index (χ4n) is 2.56. The third-order valence-electron chi connectivity index (χ3n) is 3.62. The first-order valence-corrected chi connectivity index (χ1v) is 9.09. The number of carbonyl (C=O) groups is 1. The number of nitrogens with one attached hydrogen (secondary N) is 1. The largest absolute Gasteiger partial charge is 0.325 e. The molecule has 2 aromatic rings. The number of carbonyl (C=O) groups excluding carboxylic acids is 1. The molecule has 0 aliphatic rings. The first-order valence-electron chi connectivity index (χ1n) is 8.15. The highest BCUT2D eigenvalue weighted by Crippen LogP contribution is 2.15. The standard InChI is InChI=1S/C18H26N4OS/c1-13(2)7-17(19)18(23)21-15-6-4-5-14(8-15)9-22(3)10-16-11-24-12-20-16/h4-6,8,11-13,17H,7,9-10,19H2,1-3H3,(H,21,23)/t17-/m0/s1. The molecule has 1 heterocycles. The number of hydrogen-bond donors (Lipinski definition) is 2. The summed E-state index contributed by atoms with van der Waals surface area (Å²) in [5.74, 6) is 0.271. The van der Waals surface area contributed by atoms with E-state index in [9.17, 15) is 4.79 Å². The van der Waals surface area contributed by atoms with Crippen LogP contribution in [0.15, 0.2) is 35.2 Å². The van der Waals surface area contributed by atoms with E-state index < -0.39 is 6.04 Å². The van der Waals surface area contributed by atoms with Crippen molar-refractivity contribution in [2.24, 2.45) is 11.7 Å². The molecule has 130 valence electrons. The summed E-state index contributed by atoms with van der Waals surface area (Å²) in [6.07, 6.45) is 0.682. The summed E-state index contributed by atoms with van der Waals surface area (Å²) in [5.41, 5.74) is 10.8. The van der Waals surface area contributed by atoms with Crippen LogP contribution in [-0.2, 0) is 17.9 Å². The lowest BCUT2D eigenvalue weighted by Gasteiger charge is -2.17. The Bertz CT molecular complexity index is 642.